The van der Waals surface area contributed by atoms with E-state index in [9.17, 15) is 8.42 Å². The van der Waals surface area contributed by atoms with Gasteiger partial charge in [-0.2, -0.15) is 8.42 Å². The first-order valence-electron chi connectivity index (χ1n) is 6.83. The van der Waals surface area contributed by atoms with E-state index in [0.29, 0.717) is 0 Å². The maximum Gasteiger partial charge on any atom is 0.264 e. The first-order valence-corrected chi connectivity index (χ1v) is 9.72. The fourth-order valence-corrected chi connectivity index (χ4v) is 3.86. The Balaban J connectivity index is 2.02. The van der Waals surface area contributed by atoms with E-state index in [4.69, 9.17) is 4.18 Å². The Kier molecular flexibility index (Phi) is 5.44. The number of benzene rings is 1. The molecule has 1 fully saturated rings. The Morgan fingerprint density at radius 2 is 2.00 bits per heavy atom. The molecule has 0 radical (unpaired) electrons. The fraction of sp³-hybridized carbons (Fsp3) is 0.571. The molecule has 0 aromatic heterocycles. The van der Waals surface area contributed by atoms with Gasteiger partial charge in [0.15, 0.2) is 0 Å². The number of halogens is 1. The van der Waals surface area contributed by atoms with Gasteiger partial charge < -0.3 is 4.48 Å². The minimum Gasteiger partial charge on any atom is -0.318 e. The highest BCUT2D eigenvalue weighted by atomic mass is 127. The van der Waals surface area contributed by atoms with E-state index in [1.54, 1.807) is 0 Å². The minimum absolute atomic E-state index is 0.281. The van der Waals surface area contributed by atoms with E-state index in [2.05, 4.69) is 46.9 Å². The van der Waals surface area contributed by atoms with Crippen LogP contribution in [0.2, 0.25) is 0 Å². The van der Waals surface area contributed by atoms with Gasteiger partial charge in [-0.25, -0.2) is 0 Å². The lowest BCUT2D eigenvalue weighted by atomic mass is 10.2. The molecule has 1 saturated heterocycles. The van der Waals surface area contributed by atoms with E-state index in [1.807, 2.05) is 0 Å². The van der Waals surface area contributed by atoms with Crippen molar-refractivity contribution in [3.63, 3.8) is 0 Å². The number of quaternary nitrogens is 1. The number of likely N-dealkylation sites (tertiary alicyclic amines) is 1. The van der Waals surface area contributed by atoms with Gasteiger partial charge in [0, 0.05) is 22.0 Å². The van der Waals surface area contributed by atoms with Crippen molar-refractivity contribution in [3.05, 3.63) is 33.4 Å². The lowest BCUT2D eigenvalue weighted by molar-refractivity contribution is -0.929. The smallest absolute Gasteiger partial charge is 0.264 e. The standard InChI is InChI=1S/C14H21INO3S/c1-20(17,18)19-10-9-16(7-2-3-8-16)12-13-5-4-6-14(15)11-13/h4-6,11H,2-3,7-10,12H2,1H3/q+1. The molecule has 0 N–H and O–H groups in total. The van der Waals surface area contributed by atoms with Crippen LogP contribution in [0.3, 0.4) is 0 Å². The van der Waals surface area contributed by atoms with Crippen LogP contribution in [0.25, 0.3) is 0 Å². The SMILES string of the molecule is CS(=O)(=O)OCC[N+]1(Cc2cccc(I)c2)CCCC1. The summed E-state index contributed by atoms with van der Waals surface area (Å²) in [4.78, 5) is 0. The molecule has 0 bridgehead atoms. The highest BCUT2D eigenvalue weighted by Gasteiger charge is 2.32. The van der Waals surface area contributed by atoms with Crippen molar-refractivity contribution in [3.8, 4) is 0 Å². The lowest BCUT2D eigenvalue weighted by Crippen LogP contribution is -2.46. The zero-order valence-corrected chi connectivity index (χ0v) is 14.7. The fourth-order valence-electron chi connectivity index (χ4n) is 2.87. The van der Waals surface area contributed by atoms with Crippen molar-refractivity contribution in [1.29, 1.82) is 0 Å². The largest absolute Gasteiger partial charge is 0.318 e. The second-order valence-corrected chi connectivity index (χ2v) is 8.42. The Morgan fingerprint density at radius 3 is 2.60 bits per heavy atom. The summed E-state index contributed by atoms with van der Waals surface area (Å²) >= 11 is 2.33. The minimum atomic E-state index is -3.33. The molecule has 6 heteroatoms. The molecule has 0 unspecified atom stereocenters. The molecule has 1 aromatic rings. The van der Waals surface area contributed by atoms with Gasteiger partial charge >= 0.3 is 0 Å². The Bertz CT molecular complexity index is 553. The summed E-state index contributed by atoms with van der Waals surface area (Å²) in [6.45, 7) is 4.22. The molecule has 1 aromatic carbocycles. The zero-order valence-electron chi connectivity index (χ0n) is 11.7. The van der Waals surface area contributed by atoms with Crippen molar-refractivity contribution in [1.82, 2.24) is 0 Å². The molecule has 4 nitrogen and oxygen atoms in total. The number of nitrogens with zero attached hydrogens (tertiary/aromatic N) is 1. The third kappa shape index (κ3) is 4.98. The summed E-state index contributed by atoms with van der Waals surface area (Å²) in [7, 11) is -3.33. The van der Waals surface area contributed by atoms with Crippen molar-refractivity contribution >= 4 is 32.7 Å². The first kappa shape index (κ1) is 16.2. The zero-order chi connectivity index (χ0) is 14.6. The van der Waals surface area contributed by atoms with Crippen LogP contribution in [-0.4, -0.2) is 45.4 Å². The average molecular weight is 410 g/mol. The molecular weight excluding hydrogens is 389 g/mol. The van der Waals surface area contributed by atoms with Crippen molar-refractivity contribution in [2.45, 2.75) is 19.4 Å². The molecule has 0 amide bonds. The topological polar surface area (TPSA) is 43.4 Å². The van der Waals surface area contributed by atoms with Crippen LogP contribution in [0.5, 0.6) is 0 Å². The number of rotatable bonds is 6. The highest BCUT2D eigenvalue weighted by Crippen LogP contribution is 2.24. The predicted octanol–water partition coefficient (Wildman–Crippen LogP) is 2.38. The summed E-state index contributed by atoms with van der Waals surface area (Å²) in [5.41, 5.74) is 1.32. The van der Waals surface area contributed by atoms with Crippen LogP contribution in [-0.2, 0) is 20.8 Å². The van der Waals surface area contributed by atoms with E-state index in [0.717, 1.165) is 36.9 Å². The summed E-state index contributed by atoms with van der Waals surface area (Å²) in [6, 6.07) is 8.52. The van der Waals surface area contributed by atoms with Crippen LogP contribution < -0.4 is 0 Å². The molecular formula is C14H21INO3S+. The molecule has 20 heavy (non-hydrogen) atoms. The van der Waals surface area contributed by atoms with Crippen LogP contribution in [0.15, 0.2) is 24.3 Å². The molecule has 0 atom stereocenters. The van der Waals surface area contributed by atoms with E-state index in [-0.39, 0.29) is 6.61 Å². The van der Waals surface area contributed by atoms with Gasteiger partial charge in [-0.15, -0.1) is 0 Å². The third-order valence-corrected chi connectivity index (χ3v) is 5.05. The predicted molar refractivity (Wildman–Crippen MR) is 87.8 cm³/mol. The van der Waals surface area contributed by atoms with E-state index in [1.165, 1.54) is 22.0 Å². The highest BCUT2D eigenvalue weighted by molar-refractivity contribution is 14.1. The number of hydrogen-bond donors (Lipinski definition) is 0. The molecule has 2 rings (SSSR count). The summed E-state index contributed by atoms with van der Waals surface area (Å²) < 4.78 is 29.3. The van der Waals surface area contributed by atoms with Crippen LogP contribution >= 0.6 is 22.6 Å². The van der Waals surface area contributed by atoms with Gasteiger partial charge in [-0.3, -0.25) is 4.18 Å². The molecule has 1 aliphatic heterocycles. The first-order chi connectivity index (χ1) is 9.39. The van der Waals surface area contributed by atoms with Crippen molar-refractivity contribution < 1.29 is 17.1 Å². The normalized spacial score (nSPS) is 18.3. The second kappa shape index (κ2) is 6.72. The molecule has 112 valence electrons. The Labute approximate surface area is 135 Å². The van der Waals surface area contributed by atoms with Gasteiger partial charge in [0.1, 0.15) is 19.7 Å². The Morgan fingerprint density at radius 1 is 1.30 bits per heavy atom. The van der Waals surface area contributed by atoms with Gasteiger partial charge in [0.2, 0.25) is 0 Å². The second-order valence-electron chi connectivity index (χ2n) is 5.53. The van der Waals surface area contributed by atoms with Crippen molar-refractivity contribution in [2.24, 2.45) is 0 Å². The Hall–Kier alpha value is -0.180. The van der Waals surface area contributed by atoms with Crippen molar-refractivity contribution in [2.75, 3.05) is 32.5 Å². The maximum atomic E-state index is 11.1. The molecule has 0 aliphatic carbocycles. The molecule has 1 heterocycles. The molecule has 1 aliphatic rings. The number of hydrogen-bond acceptors (Lipinski definition) is 3. The van der Waals surface area contributed by atoms with E-state index < -0.39 is 10.1 Å². The van der Waals surface area contributed by atoms with Gasteiger partial charge in [0.25, 0.3) is 10.1 Å². The third-order valence-electron chi connectivity index (χ3n) is 3.78. The summed E-state index contributed by atoms with van der Waals surface area (Å²) in [5.74, 6) is 0. The molecule has 0 saturated carbocycles. The van der Waals surface area contributed by atoms with Gasteiger partial charge in [-0.05, 0) is 34.7 Å². The lowest BCUT2D eigenvalue weighted by Gasteiger charge is -2.34. The van der Waals surface area contributed by atoms with Crippen LogP contribution in [0.1, 0.15) is 18.4 Å². The quantitative estimate of drug-likeness (QED) is 0.411. The van der Waals surface area contributed by atoms with E-state index >= 15 is 0 Å². The average Bonchev–Trinajstić information content (AvgIpc) is 2.76. The van der Waals surface area contributed by atoms with Gasteiger partial charge in [0.05, 0.1) is 19.3 Å². The van der Waals surface area contributed by atoms with Crippen LogP contribution in [0, 0.1) is 3.57 Å². The maximum absolute atomic E-state index is 11.1. The van der Waals surface area contributed by atoms with Gasteiger partial charge in [-0.1, -0.05) is 12.1 Å². The summed E-state index contributed by atoms with van der Waals surface area (Å²) in [5, 5.41) is 0. The monoisotopic (exact) mass is 410 g/mol. The van der Waals surface area contributed by atoms with Crippen LogP contribution in [0.4, 0.5) is 0 Å². The summed E-state index contributed by atoms with van der Waals surface area (Å²) in [6.07, 6.45) is 3.53. The molecule has 0 spiro atoms.